The predicted octanol–water partition coefficient (Wildman–Crippen LogP) is 0.658. The molecule has 0 fully saturated rings. The average molecular weight is 306 g/mol. The molecule has 19 heavy (non-hydrogen) atoms. The second kappa shape index (κ2) is 5.20. The maximum atomic E-state index is 12.0. The first-order valence-electron chi connectivity index (χ1n) is 5.54. The minimum Gasteiger partial charge on any atom is -0.225 e. The minimum absolute atomic E-state index is 0.122. The molecule has 0 bridgehead atoms. The van der Waals surface area contributed by atoms with E-state index in [1.165, 1.54) is 18.2 Å². The summed E-state index contributed by atoms with van der Waals surface area (Å²) in [5.41, 5.74) is -0.218. The fraction of sp³-hybridized carbons (Fsp3) is 0.455. The zero-order chi connectivity index (χ0) is 14.9. The third-order valence-electron chi connectivity index (χ3n) is 2.24. The summed E-state index contributed by atoms with van der Waals surface area (Å²) < 4.78 is 48.8. The van der Waals surface area contributed by atoms with E-state index in [4.69, 9.17) is 5.14 Å². The summed E-state index contributed by atoms with van der Waals surface area (Å²) in [6.45, 7) is 5.90. The Bertz CT molecular complexity index is 658. The molecule has 1 aromatic rings. The van der Waals surface area contributed by atoms with E-state index in [1.807, 2.05) is 20.8 Å². The van der Waals surface area contributed by atoms with Crippen molar-refractivity contribution in [3.8, 4) is 0 Å². The fourth-order valence-corrected chi connectivity index (χ4v) is 3.18. The summed E-state index contributed by atoms with van der Waals surface area (Å²) >= 11 is 0. The molecule has 1 aromatic carbocycles. The van der Waals surface area contributed by atoms with E-state index in [1.54, 1.807) is 0 Å². The molecule has 8 heteroatoms. The first kappa shape index (κ1) is 16.1. The van der Waals surface area contributed by atoms with Crippen LogP contribution < -0.4 is 9.86 Å². The van der Waals surface area contributed by atoms with Crippen molar-refractivity contribution in [3.05, 3.63) is 24.3 Å². The molecule has 0 aromatic heterocycles. The van der Waals surface area contributed by atoms with E-state index in [2.05, 4.69) is 4.72 Å². The topological polar surface area (TPSA) is 106 Å². The van der Waals surface area contributed by atoms with Crippen molar-refractivity contribution in [2.45, 2.75) is 30.6 Å². The van der Waals surface area contributed by atoms with Crippen LogP contribution in [-0.4, -0.2) is 23.4 Å². The molecule has 0 radical (unpaired) electrons. The van der Waals surface area contributed by atoms with Gasteiger partial charge in [0.25, 0.3) is 0 Å². The van der Waals surface area contributed by atoms with Crippen LogP contribution in [0.15, 0.2) is 34.1 Å². The number of hydrogen-bond donors (Lipinski definition) is 2. The van der Waals surface area contributed by atoms with Gasteiger partial charge in [0.15, 0.2) is 0 Å². The van der Waals surface area contributed by atoms with Gasteiger partial charge in [-0.1, -0.05) is 26.8 Å². The lowest BCUT2D eigenvalue weighted by Gasteiger charge is -2.18. The van der Waals surface area contributed by atoms with E-state index >= 15 is 0 Å². The second-order valence-corrected chi connectivity index (χ2v) is 8.73. The molecule has 0 saturated carbocycles. The van der Waals surface area contributed by atoms with Crippen molar-refractivity contribution >= 4 is 20.0 Å². The highest BCUT2D eigenvalue weighted by Gasteiger charge is 2.20. The standard InChI is InChI=1S/C11H18N2O4S2/c1-11(2,3)8-13-19(16,17)10-6-4-5-9(7-10)18(12,14)15/h4-7,13H,8H2,1-3H3,(H2,12,14,15). The van der Waals surface area contributed by atoms with Gasteiger partial charge in [-0.3, -0.25) is 0 Å². The molecule has 3 N–H and O–H groups in total. The summed E-state index contributed by atoms with van der Waals surface area (Å²) in [6, 6.07) is 4.95. The van der Waals surface area contributed by atoms with Crippen molar-refractivity contribution in [3.63, 3.8) is 0 Å². The van der Waals surface area contributed by atoms with E-state index in [0.717, 1.165) is 6.07 Å². The molecule has 0 atom stereocenters. The molecule has 0 saturated heterocycles. The zero-order valence-electron chi connectivity index (χ0n) is 11.0. The normalized spacial score (nSPS) is 13.5. The van der Waals surface area contributed by atoms with Gasteiger partial charge in [0.05, 0.1) is 9.79 Å². The molecule has 108 valence electrons. The van der Waals surface area contributed by atoms with Gasteiger partial charge in [-0.15, -0.1) is 0 Å². The number of benzene rings is 1. The molecule has 1 rings (SSSR count). The quantitative estimate of drug-likeness (QED) is 0.852. The highest BCUT2D eigenvalue weighted by molar-refractivity contribution is 7.90. The summed E-state index contributed by atoms with van der Waals surface area (Å²) in [7, 11) is -7.67. The lowest BCUT2D eigenvalue weighted by atomic mass is 9.98. The van der Waals surface area contributed by atoms with Crippen LogP contribution in [0.2, 0.25) is 0 Å². The van der Waals surface area contributed by atoms with Crippen LogP contribution >= 0.6 is 0 Å². The SMILES string of the molecule is CC(C)(C)CNS(=O)(=O)c1cccc(S(N)(=O)=O)c1. The van der Waals surface area contributed by atoms with Crippen LogP contribution in [0.25, 0.3) is 0 Å². The molecule has 0 heterocycles. The van der Waals surface area contributed by atoms with Crippen molar-refractivity contribution in [2.75, 3.05) is 6.54 Å². The van der Waals surface area contributed by atoms with Gasteiger partial charge in [0.1, 0.15) is 0 Å². The van der Waals surface area contributed by atoms with Gasteiger partial charge in [-0.25, -0.2) is 26.7 Å². The number of primary sulfonamides is 1. The molecule has 0 aliphatic carbocycles. The fourth-order valence-electron chi connectivity index (χ4n) is 1.21. The number of sulfonamides is 2. The first-order chi connectivity index (χ1) is 8.42. The van der Waals surface area contributed by atoms with E-state index < -0.39 is 20.0 Å². The Balaban J connectivity index is 3.10. The lowest BCUT2D eigenvalue weighted by Crippen LogP contribution is -2.32. The van der Waals surface area contributed by atoms with Crippen LogP contribution in [0.3, 0.4) is 0 Å². The molecule has 0 spiro atoms. The van der Waals surface area contributed by atoms with E-state index in [0.29, 0.717) is 0 Å². The van der Waals surface area contributed by atoms with Crippen LogP contribution in [0.4, 0.5) is 0 Å². The molecule has 0 amide bonds. The second-order valence-electron chi connectivity index (χ2n) is 5.41. The molecular formula is C11H18N2O4S2. The molecular weight excluding hydrogens is 288 g/mol. The Kier molecular flexibility index (Phi) is 4.40. The van der Waals surface area contributed by atoms with Gasteiger partial charge in [0, 0.05) is 6.54 Å². The summed E-state index contributed by atoms with van der Waals surface area (Å²) in [6.07, 6.45) is 0. The maximum Gasteiger partial charge on any atom is 0.240 e. The highest BCUT2D eigenvalue weighted by Crippen LogP contribution is 2.16. The Morgan fingerprint density at radius 2 is 1.63 bits per heavy atom. The summed E-state index contributed by atoms with van der Waals surface area (Å²) in [5, 5.41) is 4.97. The monoisotopic (exact) mass is 306 g/mol. The van der Waals surface area contributed by atoms with Gasteiger partial charge in [-0.05, 0) is 23.6 Å². The molecule has 0 aliphatic rings. The third-order valence-corrected chi connectivity index (χ3v) is 4.55. The summed E-state index contributed by atoms with van der Waals surface area (Å²) in [4.78, 5) is -0.352. The molecule has 0 unspecified atom stereocenters. The Morgan fingerprint density at radius 1 is 1.11 bits per heavy atom. The van der Waals surface area contributed by atoms with E-state index in [9.17, 15) is 16.8 Å². The van der Waals surface area contributed by atoms with Crippen LogP contribution in [0.5, 0.6) is 0 Å². The largest absolute Gasteiger partial charge is 0.240 e. The number of hydrogen-bond acceptors (Lipinski definition) is 4. The maximum absolute atomic E-state index is 12.0. The Morgan fingerprint density at radius 3 is 2.11 bits per heavy atom. The van der Waals surface area contributed by atoms with Crippen molar-refractivity contribution in [1.82, 2.24) is 4.72 Å². The highest BCUT2D eigenvalue weighted by atomic mass is 32.2. The average Bonchev–Trinajstić information content (AvgIpc) is 2.25. The van der Waals surface area contributed by atoms with Gasteiger partial charge in [-0.2, -0.15) is 0 Å². The number of nitrogens with one attached hydrogen (secondary N) is 1. The van der Waals surface area contributed by atoms with Gasteiger partial charge >= 0.3 is 0 Å². The van der Waals surface area contributed by atoms with Crippen LogP contribution in [0, 0.1) is 5.41 Å². The Labute approximate surface area is 114 Å². The molecule has 0 aliphatic heterocycles. The zero-order valence-corrected chi connectivity index (χ0v) is 12.7. The summed E-state index contributed by atoms with van der Waals surface area (Å²) in [5.74, 6) is 0. The van der Waals surface area contributed by atoms with Gasteiger partial charge in [0.2, 0.25) is 20.0 Å². The minimum atomic E-state index is -3.92. The van der Waals surface area contributed by atoms with Crippen molar-refractivity contribution in [2.24, 2.45) is 10.6 Å². The number of nitrogens with two attached hydrogens (primary N) is 1. The van der Waals surface area contributed by atoms with Gasteiger partial charge < -0.3 is 0 Å². The first-order valence-corrected chi connectivity index (χ1v) is 8.57. The third kappa shape index (κ3) is 4.90. The smallest absolute Gasteiger partial charge is 0.225 e. The van der Waals surface area contributed by atoms with E-state index in [-0.39, 0.29) is 21.8 Å². The Hall–Kier alpha value is -0.960. The van der Waals surface area contributed by atoms with Crippen molar-refractivity contribution in [1.29, 1.82) is 0 Å². The van der Waals surface area contributed by atoms with Crippen molar-refractivity contribution < 1.29 is 16.8 Å². The number of rotatable bonds is 4. The van der Waals surface area contributed by atoms with Crippen LogP contribution in [-0.2, 0) is 20.0 Å². The van der Waals surface area contributed by atoms with Crippen LogP contribution in [0.1, 0.15) is 20.8 Å². The lowest BCUT2D eigenvalue weighted by molar-refractivity contribution is 0.407. The predicted molar refractivity (Wildman–Crippen MR) is 72.5 cm³/mol. The molecule has 6 nitrogen and oxygen atoms in total.